The highest BCUT2D eigenvalue weighted by Gasteiger charge is 2.20. The van der Waals surface area contributed by atoms with Crippen LogP contribution in [0.5, 0.6) is 0 Å². The number of hydrogen-bond acceptors (Lipinski definition) is 5. The van der Waals surface area contributed by atoms with Gasteiger partial charge in [0, 0.05) is 0 Å². The standard InChI is InChI=1S/C4H11NO5S/c1-2-5(6,7)3-4-11(8,9)10/h6-7H,2-4H2,1H3. The summed E-state index contributed by atoms with van der Waals surface area (Å²) in [6.07, 6.45) is 0. The molecule has 0 aliphatic carbocycles. The lowest BCUT2D eigenvalue weighted by Crippen LogP contribution is -2.44. The van der Waals surface area contributed by atoms with E-state index in [4.69, 9.17) is 10.4 Å². The predicted molar refractivity (Wildman–Crippen MR) is 33.8 cm³/mol. The van der Waals surface area contributed by atoms with Gasteiger partial charge >= 0.3 is 0 Å². The zero-order valence-electron chi connectivity index (χ0n) is 6.10. The molecule has 11 heavy (non-hydrogen) atoms. The molecule has 0 aromatic heterocycles. The van der Waals surface area contributed by atoms with Crippen LogP contribution in [0.1, 0.15) is 6.92 Å². The molecule has 0 aliphatic heterocycles. The molecule has 0 bridgehead atoms. The summed E-state index contributed by atoms with van der Waals surface area (Å²) < 4.78 is 30.0. The van der Waals surface area contributed by atoms with Crippen LogP contribution in [0, 0.1) is 0 Å². The lowest BCUT2D eigenvalue weighted by Gasteiger charge is -2.19. The van der Waals surface area contributed by atoms with Crippen molar-refractivity contribution in [1.82, 2.24) is 0 Å². The average molecular weight is 185 g/mol. The first-order valence-corrected chi connectivity index (χ1v) is 4.61. The summed E-state index contributed by atoms with van der Waals surface area (Å²) in [5.74, 6) is -0.770. The van der Waals surface area contributed by atoms with Crippen molar-refractivity contribution in [3.63, 3.8) is 0 Å². The van der Waals surface area contributed by atoms with Crippen LogP contribution >= 0.6 is 0 Å². The van der Waals surface area contributed by atoms with Crippen LogP contribution < -0.4 is 0 Å². The summed E-state index contributed by atoms with van der Waals surface area (Å²) >= 11 is 0. The van der Waals surface area contributed by atoms with E-state index >= 15 is 0 Å². The normalized spacial score (nSPS) is 13.5. The number of rotatable bonds is 4. The van der Waals surface area contributed by atoms with Gasteiger partial charge in [-0.05, 0) is 11.7 Å². The fourth-order valence-corrected chi connectivity index (χ4v) is 0.932. The summed E-state index contributed by atoms with van der Waals surface area (Å²) in [4.78, 5) is -1.43. The van der Waals surface area contributed by atoms with E-state index in [1.165, 1.54) is 6.92 Å². The van der Waals surface area contributed by atoms with Crippen LogP contribution in [0.25, 0.3) is 0 Å². The third-order valence-corrected chi connectivity index (χ3v) is 1.89. The Morgan fingerprint density at radius 1 is 1.45 bits per heavy atom. The maximum Gasteiger partial charge on any atom is 0.155 e. The van der Waals surface area contributed by atoms with Crippen molar-refractivity contribution >= 4 is 10.1 Å². The molecule has 0 amide bonds. The van der Waals surface area contributed by atoms with Crippen LogP contribution in [0.2, 0.25) is 0 Å². The lowest BCUT2D eigenvalue weighted by molar-refractivity contribution is -1.24. The van der Waals surface area contributed by atoms with E-state index in [-0.39, 0.29) is 6.54 Å². The molecule has 6 nitrogen and oxygen atoms in total. The molecule has 0 saturated heterocycles. The molecule has 0 aliphatic rings. The van der Waals surface area contributed by atoms with E-state index in [9.17, 15) is 13.0 Å². The monoisotopic (exact) mass is 185 g/mol. The van der Waals surface area contributed by atoms with Gasteiger partial charge in [0.2, 0.25) is 0 Å². The Kier molecular flexibility index (Phi) is 3.39. The zero-order chi connectivity index (χ0) is 9.12. The van der Waals surface area contributed by atoms with Gasteiger partial charge in [0.15, 0.2) is 6.54 Å². The summed E-state index contributed by atoms with van der Waals surface area (Å²) in [6, 6.07) is 0. The molecule has 0 heterocycles. The van der Waals surface area contributed by atoms with Crippen LogP contribution in [-0.4, -0.2) is 47.0 Å². The largest absolute Gasteiger partial charge is 0.748 e. The molecule has 0 rings (SSSR count). The Labute approximate surface area is 64.9 Å². The van der Waals surface area contributed by atoms with Crippen LogP contribution in [0.15, 0.2) is 0 Å². The van der Waals surface area contributed by atoms with Gasteiger partial charge in [-0.3, -0.25) is 0 Å². The molecule has 0 spiro atoms. The predicted octanol–water partition coefficient (Wildman–Crippen LogP) is -0.853. The van der Waals surface area contributed by atoms with Crippen LogP contribution in [0.3, 0.4) is 0 Å². The van der Waals surface area contributed by atoms with Gasteiger partial charge in [0.25, 0.3) is 0 Å². The first-order valence-electron chi connectivity index (χ1n) is 3.03. The average Bonchev–Trinajstić information content (AvgIpc) is 1.83. The van der Waals surface area contributed by atoms with Crippen molar-refractivity contribution in [2.75, 3.05) is 18.8 Å². The highest BCUT2D eigenvalue weighted by atomic mass is 32.2. The molecule has 7 heteroatoms. The molecule has 0 unspecified atom stereocenters. The minimum absolute atomic E-state index is 0.0600. The van der Waals surface area contributed by atoms with Crippen molar-refractivity contribution < 1.29 is 28.2 Å². The molecule has 68 valence electrons. The number of hydroxylamine groups is 4. The molecule has 2 N–H and O–H groups in total. The van der Waals surface area contributed by atoms with Crippen molar-refractivity contribution in [2.24, 2.45) is 0 Å². The van der Waals surface area contributed by atoms with E-state index in [1.807, 2.05) is 0 Å². The molecule has 0 aromatic carbocycles. The first kappa shape index (κ1) is 10.8. The minimum Gasteiger partial charge on any atom is -0.748 e. The topological polar surface area (TPSA) is 97.7 Å². The third-order valence-electron chi connectivity index (χ3n) is 1.21. The highest BCUT2D eigenvalue weighted by molar-refractivity contribution is 7.85. The smallest absolute Gasteiger partial charge is 0.155 e. The Hall–Kier alpha value is -0.210. The summed E-state index contributed by atoms with van der Waals surface area (Å²) in [5.41, 5.74) is 0. The number of quaternary nitrogens is 1. The first-order chi connectivity index (χ1) is 4.77. The second-order valence-corrected chi connectivity index (χ2v) is 3.70. The zero-order valence-corrected chi connectivity index (χ0v) is 6.91. The van der Waals surface area contributed by atoms with Crippen molar-refractivity contribution in [2.45, 2.75) is 6.92 Å². The molecule has 0 radical (unpaired) electrons. The van der Waals surface area contributed by atoms with Crippen LogP contribution in [-0.2, 0) is 10.1 Å². The highest BCUT2D eigenvalue weighted by Crippen LogP contribution is 1.95. The second-order valence-electron chi connectivity index (χ2n) is 2.18. The fourth-order valence-electron chi connectivity index (χ4n) is 0.416. The maximum absolute atomic E-state index is 10.0. The Balaban J connectivity index is 3.90. The quantitative estimate of drug-likeness (QED) is 0.337. The molecule has 0 aromatic rings. The number of nitrogens with zero attached hydrogens (tertiary/aromatic N) is 1. The Bertz CT molecular complexity index is 209. The lowest BCUT2D eigenvalue weighted by atomic mass is 10.6. The van der Waals surface area contributed by atoms with E-state index in [0.717, 1.165) is 0 Å². The van der Waals surface area contributed by atoms with Gasteiger partial charge in [-0.2, -0.15) is 10.4 Å². The van der Waals surface area contributed by atoms with Crippen LogP contribution in [0.4, 0.5) is 0 Å². The van der Waals surface area contributed by atoms with E-state index in [2.05, 4.69) is 0 Å². The molecular weight excluding hydrogens is 174 g/mol. The fraction of sp³-hybridized carbons (Fsp3) is 1.00. The maximum atomic E-state index is 10.0. The van der Waals surface area contributed by atoms with Gasteiger partial charge in [0.1, 0.15) is 16.7 Å². The van der Waals surface area contributed by atoms with Gasteiger partial charge in [-0.1, -0.05) is 0 Å². The molecule has 0 fully saturated rings. The third kappa shape index (κ3) is 6.20. The number of hydrogen-bond donors (Lipinski definition) is 2. The molecular formula is C4H11NO5S. The van der Waals surface area contributed by atoms with Gasteiger partial charge in [-0.25, -0.2) is 8.42 Å². The minimum atomic E-state index is -4.35. The second kappa shape index (κ2) is 3.46. The SMILES string of the molecule is CC[N+](O)(O)CCS(=O)(=O)[O-]. The Morgan fingerprint density at radius 3 is 2.18 bits per heavy atom. The summed E-state index contributed by atoms with van der Waals surface area (Å²) in [6.45, 7) is 0.898. The van der Waals surface area contributed by atoms with Crippen molar-refractivity contribution in [1.29, 1.82) is 0 Å². The van der Waals surface area contributed by atoms with Gasteiger partial charge in [-0.15, -0.1) is 0 Å². The van der Waals surface area contributed by atoms with E-state index < -0.39 is 27.2 Å². The Morgan fingerprint density at radius 2 is 1.91 bits per heavy atom. The molecule has 0 atom stereocenters. The molecule has 0 saturated carbocycles. The van der Waals surface area contributed by atoms with Crippen molar-refractivity contribution in [3.05, 3.63) is 0 Å². The van der Waals surface area contributed by atoms with Crippen molar-refractivity contribution in [3.8, 4) is 0 Å². The van der Waals surface area contributed by atoms with Gasteiger partial charge < -0.3 is 4.55 Å². The van der Waals surface area contributed by atoms with E-state index in [0.29, 0.717) is 0 Å². The summed E-state index contributed by atoms with van der Waals surface area (Å²) in [7, 11) is -4.35. The van der Waals surface area contributed by atoms with E-state index in [1.54, 1.807) is 0 Å². The van der Waals surface area contributed by atoms with Gasteiger partial charge in [0.05, 0.1) is 5.75 Å². The summed E-state index contributed by atoms with van der Waals surface area (Å²) in [5, 5.41) is 17.6.